The Hall–Kier alpha value is -10.1. The lowest BCUT2D eigenvalue weighted by Gasteiger charge is -2.32. The number of thioether (sulfide) groups is 1. The quantitative estimate of drug-likeness (QED) is 0.0127. The summed E-state index contributed by atoms with van der Waals surface area (Å²) in [5.74, 6) is -13.2. The summed E-state index contributed by atoms with van der Waals surface area (Å²) in [6.07, 6.45) is 1.56. The highest BCUT2D eigenvalue weighted by Crippen LogP contribution is 2.24. The van der Waals surface area contributed by atoms with Gasteiger partial charge in [-0.1, -0.05) is 74.5 Å². The molecular weight excluding hydrogens is 1460 g/mol. The standard InChI is InChI=1S/C70H109N21O16S2/c1-40(2)33-48(63(101)83-43(59(75)97)27-32-109-3)81-58(96)38-80-60(98)49(34-41-15-6-4-7-16-41)88-64(102)50(35-42-17-8-5-9-18-42)89-62(100)44(23-25-54(73)92)84-61(99)45(24-26-55(74)93)85-66(104)52-21-13-30-90(52)68(106)46(19-10-11-28-71)87-67(105)53-22-14-31-91(53)69(107)47(20-12-29-78-70(76)77)86-65(103)51(39-108)82-57(95)37-79-56(94)36-72/h4-9,15-18,40,43-53,108H,10-14,19-39,71-72H2,1-3H3,(H2,73,92)(H2,74,93)(H2,75,97)(H,79,94)(H,80,98)(H,81,96)(H,82,95)(H,83,101)(H,84,99)(H,85,104)(H,86,103)(H,87,105)(H,88,102)(H,89,100)(H4,76,77,78)/t43-,44-,45-,46-,47-,48-,49-,50-,51-,52-,53-/m0/s1. The van der Waals surface area contributed by atoms with E-state index in [1.54, 1.807) is 60.7 Å². The fourth-order valence-corrected chi connectivity index (χ4v) is 12.8. The lowest BCUT2D eigenvalue weighted by atomic mass is 10.0. The number of hydrogen-bond acceptors (Lipinski definition) is 21. The van der Waals surface area contributed by atoms with Crippen LogP contribution in [0.3, 0.4) is 0 Å². The Kier molecular flexibility index (Phi) is 40.4. The van der Waals surface area contributed by atoms with Gasteiger partial charge >= 0.3 is 0 Å². The van der Waals surface area contributed by atoms with Gasteiger partial charge in [0.2, 0.25) is 94.5 Å². The number of hydrogen-bond donors (Lipinski definition) is 19. The molecular formula is C70H109N21O16S2. The number of nitrogens with one attached hydrogen (secondary N) is 11. The van der Waals surface area contributed by atoms with Crippen molar-refractivity contribution in [3.8, 4) is 0 Å². The SMILES string of the molecule is CSCC[C@H](NC(=O)[C@H](CC(C)C)NC(=O)CNC(=O)[C@H](Cc1ccccc1)NC(=O)[C@H](Cc1ccccc1)NC(=O)[C@H](CCC(N)=O)NC(=O)[C@H](CCC(N)=O)NC(=O)[C@@H]1CCCN1C(=O)[C@H](CCCCN)NC(=O)[C@@H]1CCCN1C(=O)[C@H](CCCN=C(N)N)NC(=O)[C@H](CS)NC(=O)CNC(=O)CN)C(N)=O. The highest BCUT2D eigenvalue weighted by atomic mass is 32.2. The minimum absolute atomic E-state index is 0.00715. The summed E-state index contributed by atoms with van der Waals surface area (Å²) in [6, 6.07) is 2.04. The first-order chi connectivity index (χ1) is 51.9. The van der Waals surface area contributed by atoms with E-state index >= 15 is 0 Å². The summed E-state index contributed by atoms with van der Waals surface area (Å²) in [6.45, 7) is 2.37. The van der Waals surface area contributed by atoms with E-state index in [1.807, 2.05) is 20.1 Å². The van der Waals surface area contributed by atoms with E-state index in [0.29, 0.717) is 36.1 Å². The number of carbonyl (C=O) groups excluding carboxylic acids is 16. The zero-order valence-electron chi connectivity index (χ0n) is 61.9. The van der Waals surface area contributed by atoms with Crippen LogP contribution in [0, 0.1) is 5.92 Å². The summed E-state index contributed by atoms with van der Waals surface area (Å²) < 4.78 is 0. The van der Waals surface area contributed by atoms with Gasteiger partial charge in [-0.25, -0.2) is 0 Å². The second kappa shape index (κ2) is 48.3. The zero-order valence-corrected chi connectivity index (χ0v) is 63.6. The molecule has 25 N–H and O–H groups in total. The molecule has 2 aliphatic heterocycles. The van der Waals surface area contributed by atoms with Crippen molar-refractivity contribution in [1.82, 2.24) is 68.3 Å². The van der Waals surface area contributed by atoms with Crippen molar-refractivity contribution in [2.45, 2.75) is 189 Å². The maximum atomic E-state index is 14.9. The molecule has 39 heteroatoms. The number of nitrogens with zero attached hydrogens (tertiary/aromatic N) is 3. The van der Waals surface area contributed by atoms with Crippen LogP contribution >= 0.6 is 24.4 Å². The molecule has 0 unspecified atom stereocenters. The molecule has 37 nitrogen and oxygen atoms in total. The monoisotopic (exact) mass is 1560 g/mol. The number of likely N-dealkylation sites (tertiary alicyclic amines) is 2. The van der Waals surface area contributed by atoms with Gasteiger partial charge in [0.1, 0.15) is 66.5 Å². The third kappa shape index (κ3) is 32.7. The van der Waals surface area contributed by atoms with Crippen LogP contribution in [-0.4, -0.2) is 240 Å². The van der Waals surface area contributed by atoms with E-state index in [2.05, 4.69) is 76.1 Å². The Morgan fingerprint density at radius 3 is 1.39 bits per heavy atom. The predicted octanol–water partition coefficient (Wildman–Crippen LogP) is -6.06. The number of rotatable bonds is 49. The molecule has 0 saturated carbocycles. The zero-order chi connectivity index (χ0) is 80.7. The maximum absolute atomic E-state index is 14.9. The molecule has 2 aromatic rings. The number of aliphatic imine (C=N–C) groups is 1. The Morgan fingerprint density at radius 1 is 0.486 bits per heavy atom. The number of carbonyl (C=O) groups is 16. The van der Waals surface area contributed by atoms with E-state index in [1.165, 1.54) is 21.6 Å². The molecule has 2 aliphatic rings. The fraction of sp³-hybridized carbons (Fsp3) is 0.586. The Bertz CT molecular complexity index is 3470. The van der Waals surface area contributed by atoms with Gasteiger partial charge in [-0.05, 0) is 119 Å². The molecule has 2 fully saturated rings. The van der Waals surface area contributed by atoms with Gasteiger partial charge in [0.15, 0.2) is 5.96 Å². The number of unbranched alkanes of at least 4 members (excludes halogenated alkanes) is 1. The minimum Gasteiger partial charge on any atom is -0.370 e. The van der Waals surface area contributed by atoms with Crippen LogP contribution in [0.25, 0.3) is 0 Å². The Labute approximate surface area is 642 Å². The first-order valence-corrected chi connectivity index (χ1v) is 38.3. The smallest absolute Gasteiger partial charge is 0.245 e. The maximum Gasteiger partial charge on any atom is 0.245 e. The van der Waals surface area contributed by atoms with Crippen LogP contribution in [0.2, 0.25) is 0 Å². The molecule has 0 bridgehead atoms. The van der Waals surface area contributed by atoms with Crippen molar-refractivity contribution in [2.75, 3.05) is 63.6 Å². The highest BCUT2D eigenvalue weighted by molar-refractivity contribution is 7.98. The lowest BCUT2D eigenvalue weighted by molar-refractivity contribution is -0.145. The van der Waals surface area contributed by atoms with Crippen molar-refractivity contribution in [3.63, 3.8) is 0 Å². The van der Waals surface area contributed by atoms with E-state index in [9.17, 15) is 76.7 Å². The number of guanidine groups is 1. The van der Waals surface area contributed by atoms with Crippen LogP contribution in [0.1, 0.15) is 121 Å². The number of thiol groups is 1. The molecule has 11 atom stereocenters. The summed E-state index contributed by atoms with van der Waals surface area (Å²) in [5, 5.41) is 28.4. The summed E-state index contributed by atoms with van der Waals surface area (Å²) in [4.78, 5) is 225. The van der Waals surface area contributed by atoms with Gasteiger partial charge in [0.25, 0.3) is 0 Å². The van der Waals surface area contributed by atoms with Crippen LogP contribution in [0.4, 0.5) is 0 Å². The number of primary amides is 3. The summed E-state index contributed by atoms with van der Waals surface area (Å²) in [5.41, 5.74) is 40.0. The highest BCUT2D eigenvalue weighted by Gasteiger charge is 2.43. The van der Waals surface area contributed by atoms with E-state index < -0.39 is 200 Å². The second-order valence-corrected chi connectivity index (χ2v) is 28.2. The normalized spacial score (nSPS) is 16.3. The van der Waals surface area contributed by atoms with Crippen molar-refractivity contribution >= 4 is 125 Å². The molecule has 602 valence electrons. The molecule has 4 rings (SSSR count). The Morgan fingerprint density at radius 2 is 0.917 bits per heavy atom. The molecule has 0 spiro atoms. The predicted molar refractivity (Wildman–Crippen MR) is 407 cm³/mol. The van der Waals surface area contributed by atoms with E-state index in [0.717, 1.165) is 0 Å². The lowest BCUT2D eigenvalue weighted by Crippen LogP contribution is -2.60. The third-order valence-corrected chi connectivity index (χ3v) is 18.8. The van der Waals surface area contributed by atoms with Gasteiger partial charge in [0.05, 0.1) is 19.6 Å². The second-order valence-electron chi connectivity index (χ2n) is 26.9. The molecule has 2 saturated heterocycles. The molecule has 16 amide bonds. The molecule has 0 aliphatic carbocycles. The number of amides is 16. The Balaban J connectivity index is 1.59. The fourth-order valence-electron chi connectivity index (χ4n) is 12.1. The van der Waals surface area contributed by atoms with Crippen molar-refractivity contribution < 1.29 is 76.7 Å². The van der Waals surface area contributed by atoms with Gasteiger partial charge in [0, 0.05) is 51.1 Å². The largest absolute Gasteiger partial charge is 0.370 e. The van der Waals surface area contributed by atoms with E-state index in [4.69, 9.17) is 40.1 Å². The van der Waals surface area contributed by atoms with E-state index in [-0.39, 0.29) is 115 Å². The molecule has 0 aromatic heterocycles. The summed E-state index contributed by atoms with van der Waals surface area (Å²) >= 11 is 5.65. The van der Waals surface area contributed by atoms with Crippen LogP contribution in [0.15, 0.2) is 65.7 Å². The molecule has 2 heterocycles. The van der Waals surface area contributed by atoms with Gasteiger partial charge in [-0.3, -0.25) is 81.7 Å². The van der Waals surface area contributed by atoms with Gasteiger partial charge in [-0.15, -0.1) is 0 Å². The average Bonchev–Trinajstić information content (AvgIpc) is 1.72. The average molecular weight is 1560 g/mol. The third-order valence-electron chi connectivity index (χ3n) is 17.8. The van der Waals surface area contributed by atoms with Gasteiger partial charge in [-0.2, -0.15) is 24.4 Å². The molecule has 0 radical (unpaired) electrons. The molecule has 2 aromatic carbocycles. The first kappa shape index (κ1) is 91.2. The van der Waals surface area contributed by atoms with Crippen LogP contribution in [0.5, 0.6) is 0 Å². The van der Waals surface area contributed by atoms with Gasteiger partial charge < -0.3 is 108 Å². The van der Waals surface area contributed by atoms with Crippen molar-refractivity contribution in [2.24, 2.45) is 51.0 Å². The number of nitrogens with two attached hydrogens (primary N) is 7. The topological polar surface area (TPSA) is 606 Å². The minimum atomic E-state index is -1.69. The van der Waals surface area contributed by atoms with Crippen LogP contribution < -0.4 is 98.6 Å². The van der Waals surface area contributed by atoms with Crippen molar-refractivity contribution in [1.29, 1.82) is 0 Å². The number of benzene rings is 2. The summed E-state index contributed by atoms with van der Waals surface area (Å²) in [7, 11) is 0. The molecule has 109 heavy (non-hydrogen) atoms. The van der Waals surface area contributed by atoms with Crippen LogP contribution in [-0.2, 0) is 89.6 Å². The first-order valence-electron chi connectivity index (χ1n) is 36.3. The van der Waals surface area contributed by atoms with Crippen molar-refractivity contribution in [3.05, 3.63) is 71.8 Å².